The van der Waals surface area contributed by atoms with Crippen molar-refractivity contribution in [2.24, 2.45) is 0 Å². The maximum Gasteiger partial charge on any atom is 0.340 e. The van der Waals surface area contributed by atoms with Crippen LogP contribution in [0.1, 0.15) is 27.1 Å². The molecule has 3 N–H and O–H groups in total. The first-order valence-electron chi connectivity index (χ1n) is 7.54. The summed E-state index contributed by atoms with van der Waals surface area (Å²) in [6.45, 7) is 0. The van der Waals surface area contributed by atoms with Gasteiger partial charge in [-0.3, -0.25) is 4.79 Å². The van der Waals surface area contributed by atoms with Gasteiger partial charge < -0.3 is 24.8 Å². The average Bonchev–Trinajstić information content (AvgIpc) is 2.62. The van der Waals surface area contributed by atoms with Crippen LogP contribution in [0.2, 0.25) is 0 Å². The van der Waals surface area contributed by atoms with Crippen LogP contribution in [-0.4, -0.2) is 45.3 Å². The van der Waals surface area contributed by atoms with E-state index in [2.05, 4.69) is 0 Å². The predicted octanol–water partition coefficient (Wildman–Crippen LogP) is 1.35. The van der Waals surface area contributed by atoms with Gasteiger partial charge in [0.15, 0.2) is 6.10 Å². The molecule has 0 aromatic heterocycles. The standard InChI is InChI=1S/C18H14O9/c19-12(18(25)27-14-8-4-2-6-11(14)17(23)24)9-15(20)26-13-7-3-1-5-10(13)16(21)22/h1-8,12,19H,9H2,(H,21,22)(H,23,24). The summed E-state index contributed by atoms with van der Waals surface area (Å²) in [5, 5.41) is 27.8. The Hall–Kier alpha value is -3.72. The Morgan fingerprint density at radius 3 is 1.70 bits per heavy atom. The van der Waals surface area contributed by atoms with E-state index < -0.39 is 36.4 Å². The Morgan fingerprint density at radius 2 is 1.22 bits per heavy atom. The van der Waals surface area contributed by atoms with Gasteiger partial charge in [-0.25, -0.2) is 14.4 Å². The number of carboxylic acid groups (broad SMARTS) is 2. The summed E-state index contributed by atoms with van der Waals surface area (Å²) in [7, 11) is 0. The van der Waals surface area contributed by atoms with Gasteiger partial charge in [0.1, 0.15) is 22.6 Å². The van der Waals surface area contributed by atoms with Crippen molar-refractivity contribution in [1.29, 1.82) is 0 Å². The van der Waals surface area contributed by atoms with Gasteiger partial charge in [-0.2, -0.15) is 0 Å². The van der Waals surface area contributed by atoms with Crippen LogP contribution in [0.25, 0.3) is 0 Å². The highest BCUT2D eigenvalue weighted by Gasteiger charge is 2.25. The zero-order chi connectivity index (χ0) is 20.0. The SMILES string of the molecule is O=C(CC(O)C(=O)Oc1ccccc1C(=O)O)Oc1ccccc1C(=O)O. The second-order valence-electron chi connectivity index (χ2n) is 5.22. The molecular weight excluding hydrogens is 360 g/mol. The first-order chi connectivity index (χ1) is 12.8. The van der Waals surface area contributed by atoms with Gasteiger partial charge >= 0.3 is 23.9 Å². The number of aliphatic hydroxyl groups is 1. The largest absolute Gasteiger partial charge is 0.478 e. The fourth-order valence-electron chi connectivity index (χ4n) is 2.05. The molecule has 27 heavy (non-hydrogen) atoms. The number of esters is 2. The van der Waals surface area contributed by atoms with Crippen LogP contribution in [0.3, 0.4) is 0 Å². The molecule has 2 aromatic carbocycles. The molecule has 1 atom stereocenters. The summed E-state index contributed by atoms with van der Waals surface area (Å²) in [6, 6.07) is 10.6. The summed E-state index contributed by atoms with van der Waals surface area (Å²) in [6.07, 6.45) is -2.75. The van der Waals surface area contributed by atoms with E-state index in [4.69, 9.17) is 19.7 Å². The van der Waals surface area contributed by atoms with Crippen molar-refractivity contribution >= 4 is 23.9 Å². The van der Waals surface area contributed by atoms with Gasteiger partial charge in [0.2, 0.25) is 0 Å². The number of aliphatic hydroxyl groups excluding tert-OH is 1. The van der Waals surface area contributed by atoms with E-state index in [1.165, 1.54) is 48.5 Å². The quantitative estimate of drug-likeness (QED) is 0.482. The van der Waals surface area contributed by atoms with E-state index in [1.54, 1.807) is 0 Å². The van der Waals surface area contributed by atoms with E-state index in [9.17, 15) is 24.3 Å². The summed E-state index contributed by atoms with van der Waals surface area (Å²) >= 11 is 0. The second kappa shape index (κ2) is 8.59. The number of carbonyl (C=O) groups is 4. The molecule has 9 nitrogen and oxygen atoms in total. The van der Waals surface area contributed by atoms with Crippen LogP contribution in [0.5, 0.6) is 11.5 Å². The Labute approximate surface area is 152 Å². The van der Waals surface area contributed by atoms with Gasteiger partial charge in [-0.15, -0.1) is 0 Å². The van der Waals surface area contributed by atoms with Crippen molar-refractivity contribution in [2.75, 3.05) is 0 Å². The highest BCUT2D eigenvalue weighted by Crippen LogP contribution is 2.20. The highest BCUT2D eigenvalue weighted by molar-refractivity contribution is 5.93. The zero-order valence-corrected chi connectivity index (χ0v) is 13.7. The molecule has 0 saturated heterocycles. The second-order valence-corrected chi connectivity index (χ2v) is 5.22. The number of ether oxygens (including phenoxy) is 2. The molecular formula is C18H14O9. The van der Waals surface area contributed by atoms with Crippen molar-refractivity contribution in [3.8, 4) is 11.5 Å². The molecule has 0 amide bonds. The van der Waals surface area contributed by atoms with Gasteiger partial charge in [0.25, 0.3) is 0 Å². The molecule has 0 bridgehead atoms. The van der Waals surface area contributed by atoms with Gasteiger partial charge in [0.05, 0.1) is 6.42 Å². The summed E-state index contributed by atoms with van der Waals surface area (Å²) in [4.78, 5) is 45.9. The molecule has 0 radical (unpaired) electrons. The van der Waals surface area contributed by atoms with Crippen LogP contribution in [0.15, 0.2) is 48.5 Å². The van der Waals surface area contributed by atoms with Crippen LogP contribution >= 0.6 is 0 Å². The Bertz CT molecular complexity index is 888. The number of hydrogen-bond acceptors (Lipinski definition) is 7. The topological polar surface area (TPSA) is 147 Å². The molecule has 0 heterocycles. The third-order valence-corrected chi connectivity index (χ3v) is 3.30. The number of rotatable bonds is 7. The highest BCUT2D eigenvalue weighted by atomic mass is 16.6. The van der Waals surface area contributed by atoms with Gasteiger partial charge in [-0.05, 0) is 24.3 Å². The molecule has 1 unspecified atom stereocenters. The van der Waals surface area contributed by atoms with Crippen LogP contribution in [0, 0.1) is 0 Å². The number of aromatic carboxylic acids is 2. The van der Waals surface area contributed by atoms with E-state index in [0.29, 0.717) is 0 Å². The number of para-hydroxylation sites is 2. The predicted molar refractivity (Wildman–Crippen MR) is 88.7 cm³/mol. The number of benzene rings is 2. The zero-order valence-electron chi connectivity index (χ0n) is 13.7. The molecule has 0 saturated carbocycles. The molecule has 0 aliphatic heterocycles. The molecule has 0 aliphatic rings. The molecule has 140 valence electrons. The minimum Gasteiger partial charge on any atom is -0.478 e. The summed E-state index contributed by atoms with van der Waals surface area (Å²) in [5.74, 6) is -5.52. The lowest BCUT2D eigenvalue weighted by Gasteiger charge is -2.12. The fraction of sp³-hybridized carbons (Fsp3) is 0.111. The molecule has 0 aliphatic carbocycles. The number of carboxylic acids is 2. The van der Waals surface area contributed by atoms with Crippen molar-refractivity contribution in [3.05, 3.63) is 59.7 Å². The van der Waals surface area contributed by atoms with Crippen molar-refractivity contribution in [3.63, 3.8) is 0 Å². The van der Waals surface area contributed by atoms with E-state index >= 15 is 0 Å². The lowest BCUT2D eigenvalue weighted by Crippen LogP contribution is -2.30. The van der Waals surface area contributed by atoms with Crippen molar-refractivity contribution in [1.82, 2.24) is 0 Å². The van der Waals surface area contributed by atoms with E-state index in [1.807, 2.05) is 0 Å². The minimum absolute atomic E-state index is 0.244. The van der Waals surface area contributed by atoms with Crippen molar-refractivity contribution < 1.29 is 44.0 Å². The van der Waals surface area contributed by atoms with Crippen LogP contribution in [-0.2, 0) is 9.59 Å². The van der Waals surface area contributed by atoms with E-state index in [-0.39, 0.29) is 22.6 Å². The Balaban J connectivity index is 2.02. The smallest absolute Gasteiger partial charge is 0.340 e. The van der Waals surface area contributed by atoms with Crippen LogP contribution < -0.4 is 9.47 Å². The average molecular weight is 374 g/mol. The molecule has 0 spiro atoms. The molecule has 0 fully saturated rings. The number of carbonyl (C=O) groups excluding carboxylic acids is 2. The lowest BCUT2D eigenvalue weighted by molar-refractivity contribution is -0.149. The Morgan fingerprint density at radius 1 is 0.778 bits per heavy atom. The lowest BCUT2D eigenvalue weighted by atomic mass is 10.2. The van der Waals surface area contributed by atoms with E-state index in [0.717, 1.165) is 0 Å². The van der Waals surface area contributed by atoms with Crippen molar-refractivity contribution in [2.45, 2.75) is 12.5 Å². The number of hydrogen-bond donors (Lipinski definition) is 3. The summed E-state index contributed by atoms with van der Waals surface area (Å²) in [5.41, 5.74) is -0.561. The fourth-order valence-corrected chi connectivity index (χ4v) is 2.05. The maximum absolute atomic E-state index is 11.9. The third-order valence-electron chi connectivity index (χ3n) is 3.30. The summed E-state index contributed by atoms with van der Waals surface area (Å²) < 4.78 is 9.67. The van der Waals surface area contributed by atoms with Crippen LogP contribution in [0.4, 0.5) is 0 Å². The first kappa shape index (κ1) is 19.6. The maximum atomic E-state index is 11.9. The van der Waals surface area contributed by atoms with Gasteiger partial charge in [-0.1, -0.05) is 24.3 Å². The molecule has 2 rings (SSSR count). The van der Waals surface area contributed by atoms with Gasteiger partial charge in [0, 0.05) is 0 Å². The minimum atomic E-state index is -1.93. The Kier molecular flexibility index (Phi) is 6.23. The first-order valence-corrected chi connectivity index (χ1v) is 7.54. The molecule has 2 aromatic rings. The third kappa shape index (κ3) is 5.13. The normalized spacial score (nSPS) is 11.3. The monoisotopic (exact) mass is 374 g/mol. The molecule has 9 heteroatoms.